The molecule has 3 heteroatoms. The van der Waals surface area contributed by atoms with E-state index in [0.717, 1.165) is 12.4 Å². The van der Waals surface area contributed by atoms with Crippen LogP contribution >= 0.6 is 0 Å². The SMILES string of the molecule is CC(=O)c1ccc(N(C)CC(C)(C)C)nc1. The molecule has 0 aliphatic rings. The summed E-state index contributed by atoms with van der Waals surface area (Å²) >= 11 is 0. The number of carbonyl (C=O) groups is 1. The lowest BCUT2D eigenvalue weighted by Crippen LogP contribution is -2.29. The Bertz CT molecular complexity index is 363. The third-order valence-electron chi connectivity index (χ3n) is 2.26. The number of anilines is 1. The van der Waals surface area contributed by atoms with Crippen LogP contribution in [0.4, 0.5) is 5.82 Å². The maximum Gasteiger partial charge on any atom is 0.161 e. The van der Waals surface area contributed by atoms with Crippen molar-refractivity contribution in [1.82, 2.24) is 4.98 Å². The van der Waals surface area contributed by atoms with Gasteiger partial charge in [0.25, 0.3) is 0 Å². The first kappa shape index (κ1) is 12.7. The summed E-state index contributed by atoms with van der Waals surface area (Å²) in [6.07, 6.45) is 1.64. The van der Waals surface area contributed by atoms with E-state index in [1.807, 2.05) is 19.2 Å². The van der Waals surface area contributed by atoms with E-state index < -0.39 is 0 Å². The van der Waals surface area contributed by atoms with Crippen LogP contribution in [0.2, 0.25) is 0 Å². The Labute approximate surface area is 97.5 Å². The molecule has 0 amide bonds. The standard InChI is InChI=1S/C13H20N2O/c1-10(16)11-6-7-12(14-8-11)15(5)9-13(2,3)4/h6-8H,9H2,1-5H3. The van der Waals surface area contributed by atoms with Crippen LogP contribution in [0.1, 0.15) is 38.1 Å². The highest BCUT2D eigenvalue weighted by molar-refractivity contribution is 5.93. The molecule has 0 N–H and O–H groups in total. The first-order valence-electron chi connectivity index (χ1n) is 5.48. The van der Waals surface area contributed by atoms with Gasteiger partial charge in [-0.2, -0.15) is 0 Å². The molecule has 1 aromatic heterocycles. The third-order valence-corrected chi connectivity index (χ3v) is 2.26. The smallest absolute Gasteiger partial charge is 0.161 e. The molecule has 16 heavy (non-hydrogen) atoms. The van der Waals surface area contributed by atoms with Crippen molar-refractivity contribution in [3.8, 4) is 0 Å². The second-order valence-corrected chi connectivity index (χ2v) is 5.38. The van der Waals surface area contributed by atoms with Crippen LogP contribution in [0.25, 0.3) is 0 Å². The highest BCUT2D eigenvalue weighted by Gasteiger charge is 2.14. The van der Waals surface area contributed by atoms with Crippen LogP contribution in [0.15, 0.2) is 18.3 Å². The quantitative estimate of drug-likeness (QED) is 0.734. The van der Waals surface area contributed by atoms with Crippen LogP contribution in [-0.4, -0.2) is 24.4 Å². The highest BCUT2D eigenvalue weighted by Crippen LogP contribution is 2.18. The van der Waals surface area contributed by atoms with Crippen molar-refractivity contribution < 1.29 is 4.79 Å². The van der Waals surface area contributed by atoms with Gasteiger partial charge in [-0.15, -0.1) is 0 Å². The zero-order valence-electron chi connectivity index (χ0n) is 10.7. The summed E-state index contributed by atoms with van der Waals surface area (Å²) in [5.41, 5.74) is 0.892. The van der Waals surface area contributed by atoms with E-state index in [4.69, 9.17) is 0 Å². The van der Waals surface area contributed by atoms with Gasteiger partial charge >= 0.3 is 0 Å². The molecule has 0 aromatic carbocycles. The second-order valence-electron chi connectivity index (χ2n) is 5.38. The summed E-state index contributed by atoms with van der Waals surface area (Å²) in [6.45, 7) is 9.04. The Kier molecular flexibility index (Phi) is 3.68. The van der Waals surface area contributed by atoms with E-state index >= 15 is 0 Å². The Balaban J connectivity index is 2.78. The van der Waals surface area contributed by atoms with Crippen molar-refractivity contribution in [2.45, 2.75) is 27.7 Å². The molecule has 0 fully saturated rings. The van der Waals surface area contributed by atoms with Crippen LogP contribution in [0.5, 0.6) is 0 Å². The molecule has 0 unspecified atom stereocenters. The number of carbonyl (C=O) groups excluding carboxylic acids is 1. The Morgan fingerprint density at radius 3 is 2.38 bits per heavy atom. The fourth-order valence-corrected chi connectivity index (χ4v) is 1.61. The summed E-state index contributed by atoms with van der Waals surface area (Å²) in [6, 6.07) is 3.71. The minimum atomic E-state index is 0.0533. The van der Waals surface area contributed by atoms with Crippen molar-refractivity contribution in [3.63, 3.8) is 0 Å². The van der Waals surface area contributed by atoms with Gasteiger partial charge in [-0.1, -0.05) is 20.8 Å². The van der Waals surface area contributed by atoms with Crippen molar-refractivity contribution in [2.24, 2.45) is 5.41 Å². The second kappa shape index (κ2) is 4.64. The molecule has 0 radical (unpaired) electrons. The summed E-state index contributed by atoms with van der Waals surface area (Å²) in [5.74, 6) is 0.956. The molecule has 0 saturated carbocycles. The van der Waals surface area contributed by atoms with Gasteiger partial charge in [0.15, 0.2) is 5.78 Å². The predicted molar refractivity (Wildman–Crippen MR) is 67.0 cm³/mol. The minimum absolute atomic E-state index is 0.0533. The lowest BCUT2D eigenvalue weighted by atomic mass is 9.96. The van der Waals surface area contributed by atoms with Gasteiger partial charge in [0.2, 0.25) is 0 Å². The maximum absolute atomic E-state index is 11.1. The Hall–Kier alpha value is -1.38. The molecule has 0 aliphatic heterocycles. The van der Waals surface area contributed by atoms with Gasteiger partial charge in [-0.25, -0.2) is 4.98 Å². The number of Topliss-reactive ketones (excluding diaryl/α,β-unsaturated/α-hetero) is 1. The number of pyridine rings is 1. The molecule has 88 valence electrons. The van der Waals surface area contributed by atoms with Crippen LogP contribution < -0.4 is 4.90 Å². The minimum Gasteiger partial charge on any atom is -0.359 e. The van der Waals surface area contributed by atoms with E-state index in [9.17, 15) is 4.79 Å². The molecule has 0 aliphatic carbocycles. The van der Waals surface area contributed by atoms with Crippen molar-refractivity contribution >= 4 is 11.6 Å². The Morgan fingerprint density at radius 2 is 2.00 bits per heavy atom. The van der Waals surface area contributed by atoms with E-state index in [1.54, 1.807) is 13.1 Å². The number of ketones is 1. The summed E-state index contributed by atoms with van der Waals surface area (Å²) in [4.78, 5) is 17.5. The van der Waals surface area contributed by atoms with Gasteiger partial charge < -0.3 is 4.90 Å². The van der Waals surface area contributed by atoms with Crippen molar-refractivity contribution in [2.75, 3.05) is 18.5 Å². The number of rotatable bonds is 3. The number of nitrogens with zero attached hydrogens (tertiary/aromatic N) is 2. The molecule has 0 spiro atoms. The van der Waals surface area contributed by atoms with Crippen LogP contribution in [0.3, 0.4) is 0 Å². The van der Waals surface area contributed by atoms with Gasteiger partial charge in [-0.05, 0) is 24.5 Å². The summed E-state index contributed by atoms with van der Waals surface area (Å²) in [5, 5.41) is 0. The number of aromatic nitrogens is 1. The first-order chi connectivity index (χ1) is 7.29. The largest absolute Gasteiger partial charge is 0.359 e. The molecule has 0 bridgehead atoms. The molecule has 0 atom stereocenters. The summed E-state index contributed by atoms with van der Waals surface area (Å²) < 4.78 is 0. The van der Waals surface area contributed by atoms with Crippen molar-refractivity contribution in [1.29, 1.82) is 0 Å². The van der Waals surface area contributed by atoms with Crippen LogP contribution in [-0.2, 0) is 0 Å². The van der Waals surface area contributed by atoms with E-state index in [-0.39, 0.29) is 11.2 Å². The first-order valence-corrected chi connectivity index (χ1v) is 5.48. The Morgan fingerprint density at radius 1 is 1.38 bits per heavy atom. The molecular weight excluding hydrogens is 200 g/mol. The number of hydrogen-bond donors (Lipinski definition) is 0. The third kappa shape index (κ3) is 3.65. The topological polar surface area (TPSA) is 33.2 Å². The van der Waals surface area contributed by atoms with Gasteiger partial charge in [-0.3, -0.25) is 4.79 Å². The van der Waals surface area contributed by atoms with Gasteiger partial charge in [0.1, 0.15) is 5.82 Å². The average molecular weight is 220 g/mol. The lowest BCUT2D eigenvalue weighted by molar-refractivity contribution is 0.101. The van der Waals surface area contributed by atoms with Gasteiger partial charge in [0, 0.05) is 25.4 Å². The molecule has 0 saturated heterocycles. The highest BCUT2D eigenvalue weighted by atomic mass is 16.1. The molecule has 1 aromatic rings. The zero-order chi connectivity index (χ0) is 12.3. The maximum atomic E-state index is 11.1. The molecule has 1 rings (SSSR count). The van der Waals surface area contributed by atoms with Crippen LogP contribution in [0, 0.1) is 5.41 Å². The monoisotopic (exact) mass is 220 g/mol. The average Bonchev–Trinajstić information content (AvgIpc) is 2.15. The number of hydrogen-bond acceptors (Lipinski definition) is 3. The predicted octanol–water partition coefficient (Wildman–Crippen LogP) is 2.77. The molecule has 1 heterocycles. The van der Waals surface area contributed by atoms with E-state index in [2.05, 4.69) is 30.7 Å². The fourth-order valence-electron chi connectivity index (χ4n) is 1.61. The molecular formula is C13H20N2O. The molecule has 3 nitrogen and oxygen atoms in total. The lowest BCUT2D eigenvalue weighted by Gasteiger charge is -2.27. The van der Waals surface area contributed by atoms with Gasteiger partial charge in [0.05, 0.1) is 0 Å². The normalized spacial score (nSPS) is 11.3. The van der Waals surface area contributed by atoms with Crippen molar-refractivity contribution in [3.05, 3.63) is 23.9 Å². The van der Waals surface area contributed by atoms with E-state index in [0.29, 0.717) is 5.56 Å². The zero-order valence-corrected chi connectivity index (χ0v) is 10.7. The fraction of sp³-hybridized carbons (Fsp3) is 0.538. The summed E-state index contributed by atoms with van der Waals surface area (Å²) in [7, 11) is 2.01. The van der Waals surface area contributed by atoms with E-state index in [1.165, 1.54) is 0 Å².